The van der Waals surface area contributed by atoms with Crippen molar-refractivity contribution in [3.8, 4) is 5.75 Å². The van der Waals surface area contributed by atoms with Crippen LogP contribution >= 0.6 is 0 Å². The first-order valence-electron chi connectivity index (χ1n) is 8.64. The van der Waals surface area contributed by atoms with Crippen molar-refractivity contribution in [3.05, 3.63) is 95.8 Å². The maximum absolute atomic E-state index is 13.3. The van der Waals surface area contributed by atoms with Crippen LogP contribution in [0.2, 0.25) is 0 Å². The summed E-state index contributed by atoms with van der Waals surface area (Å²) in [6.45, 7) is 0.0535. The first kappa shape index (κ1) is 17.5. The lowest BCUT2D eigenvalue weighted by Crippen LogP contribution is -2.27. The molecule has 138 valence electrons. The zero-order valence-corrected chi connectivity index (χ0v) is 14.7. The van der Waals surface area contributed by atoms with E-state index < -0.39 is 11.9 Å². The van der Waals surface area contributed by atoms with Crippen LogP contribution in [0.5, 0.6) is 5.75 Å². The molecular weight excluding hydrogens is 356 g/mol. The summed E-state index contributed by atoms with van der Waals surface area (Å²) in [5.41, 5.74) is 1.06. The molecule has 0 aliphatic heterocycles. The van der Waals surface area contributed by atoms with Crippen LogP contribution in [-0.2, 0) is 6.61 Å². The van der Waals surface area contributed by atoms with Gasteiger partial charge in [0, 0.05) is 11.1 Å². The van der Waals surface area contributed by atoms with Gasteiger partial charge in [0.25, 0.3) is 5.91 Å². The lowest BCUT2D eigenvalue weighted by atomic mass is 10.1. The van der Waals surface area contributed by atoms with Gasteiger partial charge >= 0.3 is 0 Å². The number of para-hydroxylation sites is 3. The number of ether oxygens (including phenoxy) is 1. The summed E-state index contributed by atoms with van der Waals surface area (Å²) in [5, 5.41) is 11.4. The van der Waals surface area contributed by atoms with Crippen molar-refractivity contribution in [2.75, 3.05) is 0 Å². The van der Waals surface area contributed by atoms with E-state index in [2.05, 4.69) is 4.98 Å². The van der Waals surface area contributed by atoms with Crippen LogP contribution in [0.4, 0.5) is 0 Å². The number of aromatic carboxylic acids is 1. The third-order valence-electron chi connectivity index (χ3n) is 4.32. The molecule has 0 saturated carbocycles. The zero-order chi connectivity index (χ0) is 19.5. The fraction of sp³-hybridized carbons (Fsp3) is 0.0455. The number of imidazole rings is 1. The molecule has 0 aliphatic rings. The Balaban J connectivity index is 1.79. The van der Waals surface area contributed by atoms with E-state index in [1.165, 1.54) is 16.7 Å². The van der Waals surface area contributed by atoms with Gasteiger partial charge in [-0.1, -0.05) is 48.5 Å². The molecule has 1 aromatic heterocycles. The smallest absolute Gasteiger partial charge is 0.264 e. The Bertz CT molecular complexity index is 1170. The van der Waals surface area contributed by atoms with Gasteiger partial charge in [0.05, 0.1) is 17.0 Å². The van der Waals surface area contributed by atoms with Crippen LogP contribution in [0.3, 0.4) is 0 Å². The van der Waals surface area contributed by atoms with Crippen molar-refractivity contribution >= 4 is 22.9 Å². The molecule has 0 aliphatic carbocycles. The van der Waals surface area contributed by atoms with Crippen molar-refractivity contribution in [2.24, 2.45) is 0 Å². The lowest BCUT2D eigenvalue weighted by molar-refractivity contribution is -0.255. The molecule has 0 unspecified atom stereocenters. The molecule has 0 N–H and O–H groups in total. The number of carbonyl (C=O) groups is 2. The number of carboxylic acid groups (broad SMARTS) is 1. The fourth-order valence-corrected chi connectivity index (χ4v) is 3.03. The monoisotopic (exact) mass is 371 g/mol. The van der Waals surface area contributed by atoms with E-state index in [1.54, 1.807) is 42.5 Å². The number of rotatable bonds is 5. The summed E-state index contributed by atoms with van der Waals surface area (Å²) in [5.74, 6) is -0.887. The van der Waals surface area contributed by atoms with Crippen molar-refractivity contribution in [1.29, 1.82) is 0 Å². The van der Waals surface area contributed by atoms with Crippen molar-refractivity contribution < 1.29 is 19.4 Å². The van der Waals surface area contributed by atoms with Crippen molar-refractivity contribution in [1.82, 2.24) is 9.55 Å². The highest BCUT2D eigenvalue weighted by atomic mass is 16.5. The molecule has 0 bridgehead atoms. The van der Waals surface area contributed by atoms with Crippen LogP contribution in [0.15, 0.2) is 78.9 Å². The molecule has 4 aromatic rings. The summed E-state index contributed by atoms with van der Waals surface area (Å²) < 4.78 is 7.15. The molecule has 0 fully saturated rings. The predicted octanol–water partition coefficient (Wildman–Crippen LogP) is 2.67. The Hall–Kier alpha value is -3.93. The SMILES string of the molecule is O=C([O-])c1ccccc1C(=O)n1c(COc2ccccc2)nc2ccccc21. The topological polar surface area (TPSA) is 84.2 Å². The molecule has 0 amide bonds. The van der Waals surface area contributed by atoms with Crippen molar-refractivity contribution in [2.45, 2.75) is 6.61 Å². The number of carboxylic acids is 1. The van der Waals surface area contributed by atoms with E-state index in [0.717, 1.165) is 0 Å². The van der Waals surface area contributed by atoms with Gasteiger partial charge in [-0.25, -0.2) is 4.98 Å². The second-order valence-corrected chi connectivity index (χ2v) is 6.09. The van der Waals surface area contributed by atoms with Gasteiger partial charge in [0.1, 0.15) is 12.4 Å². The van der Waals surface area contributed by atoms with Gasteiger partial charge in [-0.2, -0.15) is 0 Å². The largest absolute Gasteiger partial charge is 0.545 e. The molecule has 6 heteroatoms. The minimum Gasteiger partial charge on any atom is -0.545 e. The molecular formula is C22H15N2O4-. The number of carbonyl (C=O) groups excluding carboxylic acids is 2. The van der Waals surface area contributed by atoms with E-state index in [0.29, 0.717) is 22.6 Å². The molecule has 0 spiro atoms. The van der Waals surface area contributed by atoms with Gasteiger partial charge < -0.3 is 14.6 Å². The van der Waals surface area contributed by atoms with Gasteiger partial charge in [-0.3, -0.25) is 9.36 Å². The third kappa shape index (κ3) is 3.23. The third-order valence-corrected chi connectivity index (χ3v) is 4.32. The van der Waals surface area contributed by atoms with Gasteiger partial charge in [-0.15, -0.1) is 0 Å². The molecule has 0 radical (unpaired) electrons. The van der Waals surface area contributed by atoms with Crippen molar-refractivity contribution in [3.63, 3.8) is 0 Å². The van der Waals surface area contributed by atoms with Crippen LogP contribution in [0, 0.1) is 0 Å². The van der Waals surface area contributed by atoms with E-state index in [1.807, 2.05) is 24.3 Å². The summed E-state index contributed by atoms with van der Waals surface area (Å²) in [4.78, 5) is 29.2. The Kier molecular flexibility index (Phi) is 4.60. The van der Waals surface area contributed by atoms with E-state index in [-0.39, 0.29) is 17.7 Å². The Morgan fingerprint density at radius 2 is 1.50 bits per heavy atom. The van der Waals surface area contributed by atoms with Gasteiger partial charge in [0.15, 0.2) is 5.82 Å². The van der Waals surface area contributed by atoms with E-state index in [4.69, 9.17) is 4.74 Å². The number of aromatic nitrogens is 2. The van der Waals surface area contributed by atoms with Gasteiger partial charge in [0.2, 0.25) is 0 Å². The van der Waals surface area contributed by atoms with Gasteiger partial charge in [-0.05, 0) is 30.3 Å². The molecule has 28 heavy (non-hydrogen) atoms. The fourth-order valence-electron chi connectivity index (χ4n) is 3.03. The highest BCUT2D eigenvalue weighted by molar-refractivity contribution is 6.08. The molecule has 4 rings (SSSR count). The Labute approximate surface area is 160 Å². The first-order chi connectivity index (χ1) is 13.6. The lowest BCUT2D eigenvalue weighted by Gasteiger charge is -2.13. The summed E-state index contributed by atoms with van der Waals surface area (Å²) in [6.07, 6.45) is 0. The Morgan fingerprint density at radius 3 is 2.25 bits per heavy atom. The zero-order valence-electron chi connectivity index (χ0n) is 14.7. The van der Waals surface area contributed by atoms with E-state index >= 15 is 0 Å². The molecule has 0 atom stereocenters. The minimum atomic E-state index is -1.41. The highest BCUT2D eigenvalue weighted by Gasteiger charge is 2.21. The number of hydrogen-bond donors (Lipinski definition) is 0. The standard InChI is InChI=1S/C22H16N2O4/c25-21(16-10-4-5-11-17(16)22(26)27)24-19-13-7-6-12-18(19)23-20(24)14-28-15-8-2-1-3-9-15/h1-13H,14H2,(H,26,27)/p-1. The maximum atomic E-state index is 13.3. The average Bonchev–Trinajstić information content (AvgIpc) is 3.11. The molecule has 3 aromatic carbocycles. The average molecular weight is 371 g/mol. The number of fused-ring (bicyclic) bond motifs is 1. The normalized spacial score (nSPS) is 10.7. The molecule has 1 heterocycles. The quantitative estimate of drug-likeness (QED) is 0.538. The predicted molar refractivity (Wildman–Crippen MR) is 101 cm³/mol. The summed E-state index contributed by atoms with van der Waals surface area (Å²) in [6, 6.07) is 22.3. The highest BCUT2D eigenvalue weighted by Crippen LogP contribution is 2.21. The maximum Gasteiger partial charge on any atom is 0.264 e. The number of nitrogens with zero attached hydrogens (tertiary/aromatic N) is 2. The summed E-state index contributed by atoms with van der Waals surface area (Å²) >= 11 is 0. The second kappa shape index (κ2) is 7.36. The van der Waals surface area contributed by atoms with Crippen LogP contribution < -0.4 is 9.84 Å². The first-order valence-corrected chi connectivity index (χ1v) is 8.64. The van der Waals surface area contributed by atoms with Crippen LogP contribution in [-0.4, -0.2) is 21.4 Å². The van der Waals surface area contributed by atoms with Crippen LogP contribution in [0.1, 0.15) is 26.5 Å². The van der Waals surface area contributed by atoms with Crippen LogP contribution in [0.25, 0.3) is 11.0 Å². The molecule has 6 nitrogen and oxygen atoms in total. The van der Waals surface area contributed by atoms with E-state index in [9.17, 15) is 14.7 Å². The number of hydrogen-bond acceptors (Lipinski definition) is 5. The molecule has 0 saturated heterocycles. The second-order valence-electron chi connectivity index (χ2n) is 6.09. The minimum absolute atomic E-state index is 0.0339. The Morgan fingerprint density at radius 1 is 0.857 bits per heavy atom. The number of benzene rings is 3. The summed E-state index contributed by atoms with van der Waals surface area (Å²) in [7, 11) is 0.